The molecule has 1 heterocycles. The number of carbonyl (C=O) groups excluding carboxylic acids is 2. The third kappa shape index (κ3) is 5.47. The van der Waals surface area contributed by atoms with Crippen molar-refractivity contribution in [2.24, 2.45) is 0 Å². The van der Waals surface area contributed by atoms with Crippen molar-refractivity contribution in [2.75, 3.05) is 5.32 Å². The van der Waals surface area contributed by atoms with Crippen LogP contribution in [0.1, 0.15) is 5.56 Å². The number of amides is 3. The van der Waals surface area contributed by atoms with E-state index in [1.807, 2.05) is 45.2 Å². The van der Waals surface area contributed by atoms with Crippen LogP contribution in [0.25, 0.3) is 6.08 Å². The lowest BCUT2D eigenvalue weighted by Crippen LogP contribution is -2.46. The molecule has 3 amide bonds. The Balaban J connectivity index is 1.73. The molecule has 0 radical (unpaired) electrons. The Morgan fingerprint density at radius 2 is 1.83 bits per heavy atom. The molecule has 0 aliphatic carbocycles. The van der Waals surface area contributed by atoms with Gasteiger partial charge < -0.3 is 10.4 Å². The highest BCUT2D eigenvalue weighted by molar-refractivity contribution is 14.1. The fourth-order valence-corrected chi connectivity index (χ4v) is 5.51. The molecular weight excluding hydrogens is 683 g/mol. The predicted octanol–water partition coefficient (Wildman–Crippen LogP) is 5.85. The molecule has 150 valence electrons. The van der Waals surface area contributed by atoms with E-state index in [-0.39, 0.29) is 15.1 Å². The van der Waals surface area contributed by atoms with Crippen LogP contribution < -0.4 is 10.7 Å². The number of nitrogens with zero attached hydrogens (tertiary/aromatic N) is 1. The topological polar surface area (TPSA) is 81.7 Å². The molecule has 0 atom stereocenters. The standard InChI is InChI=1S/C17H9Cl2I2N3O3S2/c18-9-2-1-8(6-10(9)19)22-16(27)23-24-15(26)13(29-17(24)28)5-7-3-11(20)14(25)12(21)4-7/h1-6,25H,(H2,22,23,27)/b13-5+. The minimum absolute atomic E-state index is 0.189. The molecule has 1 aliphatic heterocycles. The minimum Gasteiger partial charge on any atom is -0.506 e. The largest absolute Gasteiger partial charge is 0.506 e. The number of thioether (sulfide) groups is 1. The SMILES string of the molecule is O=C(Nc1ccc(Cl)c(Cl)c1)NN1C(=O)/C(=C\c2cc(I)c(O)c(I)c2)SC1=S. The smallest absolute Gasteiger partial charge is 0.338 e. The lowest BCUT2D eigenvalue weighted by atomic mass is 10.2. The van der Waals surface area contributed by atoms with Crippen molar-refractivity contribution in [3.63, 3.8) is 0 Å². The lowest BCUT2D eigenvalue weighted by molar-refractivity contribution is -0.123. The van der Waals surface area contributed by atoms with Crippen LogP contribution >= 0.6 is 92.4 Å². The first-order chi connectivity index (χ1) is 13.7. The van der Waals surface area contributed by atoms with Gasteiger partial charge >= 0.3 is 6.03 Å². The zero-order valence-corrected chi connectivity index (χ0v) is 21.5. The lowest BCUT2D eigenvalue weighted by Gasteiger charge is -2.16. The zero-order chi connectivity index (χ0) is 21.3. The van der Waals surface area contributed by atoms with Crippen molar-refractivity contribution in [1.82, 2.24) is 10.4 Å². The maximum absolute atomic E-state index is 12.7. The first-order valence-corrected chi connectivity index (χ1v) is 11.8. The summed E-state index contributed by atoms with van der Waals surface area (Å²) >= 11 is 22.1. The summed E-state index contributed by atoms with van der Waals surface area (Å²) in [7, 11) is 0. The van der Waals surface area contributed by atoms with E-state index in [9.17, 15) is 14.7 Å². The third-order valence-electron chi connectivity index (χ3n) is 3.52. The number of aromatic hydroxyl groups is 1. The highest BCUT2D eigenvalue weighted by Gasteiger charge is 2.33. The van der Waals surface area contributed by atoms with E-state index in [1.165, 1.54) is 6.07 Å². The van der Waals surface area contributed by atoms with Gasteiger partial charge in [-0.2, -0.15) is 5.01 Å². The number of hydrazine groups is 1. The van der Waals surface area contributed by atoms with E-state index in [4.69, 9.17) is 35.4 Å². The Labute approximate surface area is 212 Å². The van der Waals surface area contributed by atoms with Crippen LogP contribution in [-0.2, 0) is 4.79 Å². The van der Waals surface area contributed by atoms with Crippen LogP contribution in [0.5, 0.6) is 5.75 Å². The van der Waals surface area contributed by atoms with Crippen LogP contribution in [-0.4, -0.2) is 26.4 Å². The number of rotatable bonds is 3. The number of phenols is 1. The molecular formula is C17H9Cl2I2N3O3S2. The summed E-state index contributed by atoms with van der Waals surface area (Å²) in [5.74, 6) is -0.265. The molecule has 12 heteroatoms. The van der Waals surface area contributed by atoms with Crippen molar-refractivity contribution in [3.8, 4) is 5.75 Å². The van der Waals surface area contributed by atoms with Crippen LogP contribution in [0.4, 0.5) is 10.5 Å². The summed E-state index contributed by atoms with van der Waals surface area (Å²) in [6, 6.07) is 7.44. The highest BCUT2D eigenvalue weighted by atomic mass is 127. The average molecular weight is 692 g/mol. The van der Waals surface area contributed by atoms with Gasteiger partial charge in [0.25, 0.3) is 5.91 Å². The first-order valence-electron chi connectivity index (χ1n) is 7.64. The number of carbonyl (C=O) groups is 2. The molecule has 6 nitrogen and oxygen atoms in total. The van der Waals surface area contributed by atoms with Crippen LogP contribution in [0, 0.1) is 7.14 Å². The number of benzene rings is 2. The van der Waals surface area contributed by atoms with Gasteiger partial charge in [-0.15, -0.1) is 0 Å². The number of anilines is 1. The number of thiocarbonyl (C=S) groups is 1. The average Bonchev–Trinajstić information content (AvgIpc) is 2.90. The second kappa shape index (κ2) is 9.56. The summed E-state index contributed by atoms with van der Waals surface area (Å²) in [6.45, 7) is 0. The monoisotopic (exact) mass is 691 g/mol. The van der Waals surface area contributed by atoms with Gasteiger partial charge in [0.15, 0.2) is 4.32 Å². The van der Waals surface area contributed by atoms with Gasteiger partial charge in [-0.25, -0.2) is 10.2 Å². The summed E-state index contributed by atoms with van der Waals surface area (Å²) in [4.78, 5) is 25.2. The third-order valence-corrected chi connectivity index (χ3v) is 7.21. The van der Waals surface area contributed by atoms with E-state index >= 15 is 0 Å². The quantitative estimate of drug-likeness (QED) is 0.214. The van der Waals surface area contributed by atoms with Crippen molar-refractivity contribution in [1.29, 1.82) is 0 Å². The maximum Gasteiger partial charge on any atom is 0.338 e. The molecule has 0 saturated carbocycles. The second-order valence-corrected chi connectivity index (χ2v) is 10.4. The summed E-state index contributed by atoms with van der Waals surface area (Å²) in [6.07, 6.45) is 1.65. The number of phenolic OH excluding ortho intramolecular Hbond substituents is 1. The van der Waals surface area contributed by atoms with Crippen LogP contribution in [0.3, 0.4) is 0 Å². The molecule has 1 aliphatic rings. The van der Waals surface area contributed by atoms with Crippen molar-refractivity contribution in [3.05, 3.63) is 58.0 Å². The number of hydrogen-bond acceptors (Lipinski definition) is 5. The minimum atomic E-state index is -0.658. The van der Waals surface area contributed by atoms with E-state index in [0.29, 0.717) is 22.8 Å². The molecule has 3 rings (SSSR count). The summed E-state index contributed by atoms with van der Waals surface area (Å²) in [5, 5.41) is 14.1. The molecule has 0 unspecified atom stereocenters. The molecule has 3 N–H and O–H groups in total. The van der Waals surface area contributed by atoms with Crippen molar-refractivity contribution in [2.45, 2.75) is 0 Å². The number of halogens is 4. The molecule has 0 spiro atoms. The Bertz CT molecular complexity index is 1060. The zero-order valence-electron chi connectivity index (χ0n) is 14.0. The van der Waals surface area contributed by atoms with E-state index in [0.717, 1.165) is 22.3 Å². The summed E-state index contributed by atoms with van der Waals surface area (Å²) in [5.41, 5.74) is 3.56. The van der Waals surface area contributed by atoms with Gasteiger partial charge in [0.2, 0.25) is 0 Å². The molecule has 2 aromatic carbocycles. The molecule has 0 aromatic heterocycles. The molecule has 1 fully saturated rings. The van der Waals surface area contributed by atoms with Gasteiger partial charge in [-0.3, -0.25) is 4.79 Å². The van der Waals surface area contributed by atoms with Gasteiger partial charge in [-0.05, 0) is 99.4 Å². The van der Waals surface area contributed by atoms with Gasteiger partial charge in [-0.1, -0.05) is 35.0 Å². The fraction of sp³-hybridized carbons (Fsp3) is 0. The predicted molar refractivity (Wildman–Crippen MR) is 137 cm³/mol. The van der Waals surface area contributed by atoms with Crippen LogP contribution in [0.15, 0.2) is 35.2 Å². The highest BCUT2D eigenvalue weighted by Crippen LogP contribution is 2.34. The van der Waals surface area contributed by atoms with Gasteiger partial charge in [0.1, 0.15) is 5.75 Å². The van der Waals surface area contributed by atoms with Crippen molar-refractivity contribution < 1.29 is 14.7 Å². The van der Waals surface area contributed by atoms with Crippen molar-refractivity contribution >= 4 is 120 Å². The normalized spacial score (nSPS) is 15.2. The molecule has 29 heavy (non-hydrogen) atoms. The fourth-order valence-electron chi connectivity index (χ4n) is 2.22. The number of urea groups is 1. The Hall–Kier alpha value is -0.800. The number of hydrogen-bond donors (Lipinski definition) is 3. The van der Waals surface area contributed by atoms with E-state index < -0.39 is 11.9 Å². The maximum atomic E-state index is 12.7. The Morgan fingerprint density at radius 3 is 2.45 bits per heavy atom. The van der Waals surface area contributed by atoms with E-state index in [2.05, 4.69) is 10.7 Å². The van der Waals surface area contributed by atoms with Gasteiger partial charge in [0.05, 0.1) is 22.1 Å². The molecule has 1 saturated heterocycles. The number of nitrogens with one attached hydrogen (secondary N) is 2. The Morgan fingerprint density at radius 1 is 1.17 bits per heavy atom. The van der Waals surface area contributed by atoms with Crippen LogP contribution in [0.2, 0.25) is 10.0 Å². The molecule has 0 bridgehead atoms. The van der Waals surface area contributed by atoms with Gasteiger partial charge in [0, 0.05) is 5.69 Å². The first kappa shape index (κ1) is 22.9. The van der Waals surface area contributed by atoms with E-state index in [1.54, 1.807) is 30.3 Å². The summed E-state index contributed by atoms with van der Waals surface area (Å²) < 4.78 is 1.51. The second-order valence-electron chi connectivity index (χ2n) is 5.55. The molecule has 2 aromatic rings. The Kier molecular flexibility index (Phi) is 7.54.